The van der Waals surface area contributed by atoms with E-state index in [1.165, 1.54) is 0 Å². The second-order valence-electron chi connectivity index (χ2n) is 6.18. The van der Waals surface area contributed by atoms with E-state index < -0.39 is 10.0 Å². The highest BCUT2D eigenvalue weighted by Gasteiger charge is 2.43. The van der Waals surface area contributed by atoms with Gasteiger partial charge in [0.05, 0.1) is 17.7 Å². The van der Waals surface area contributed by atoms with Crippen LogP contribution in [0.4, 0.5) is 0 Å². The molecule has 2 aromatic rings. The molecule has 1 N–H and O–H groups in total. The van der Waals surface area contributed by atoms with E-state index >= 15 is 0 Å². The van der Waals surface area contributed by atoms with Gasteiger partial charge in [-0.3, -0.25) is 4.68 Å². The molecule has 0 atom stereocenters. The van der Waals surface area contributed by atoms with E-state index in [0.717, 1.165) is 19.4 Å². The second kappa shape index (κ2) is 5.20. The van der Waals surface area contributed by atoms with Crippen molar-refractivity contribution in [2.45, 2.75) is 38.1 Å². The molecular formula is C14H21N5O2S. The van der Waals surface area contributed by atoms with Crippen molar-refractivity contribution >= 4 is 10.0 Å². The monoisotopic (exact) mass is 323 g/mol. The summed E-state index contributed by atoms with van der Waals surface area (Å²) in [7, 11) is -1.78. The first-order valence-corrected chi connectivity index (χ1v) is 8.77. The predicted octanol–water partition coefficient (Wildman–Crippen LogP) is 0.992. The molecule has 0 unspecified atom stereocenters. The lowest BCUT2D eigenvalue weighted by atomic mass is 10.1. The van der Waals surface area contributed by atoms with Crippen molar-refractivity contribution in [1.29, 1.82) is 0 Å². The molecule has 0 bridgehead atoms. The van der Waals surface area contributed by atoms with Crippen molar-refractivity contribution in [2.24, 2.45) is 12.5 Å². The van der Waals surface area contributed by atoms with Gasteiger partial charge < -0.3 is 4.57 Å². The number of rotatable bonds is 6. The van der Waals surface area contributed by atoms with Gasteiger partial charge in [0, 0.05) is 37.9 Å². The SMILES string of the molecule is Cc1nn(C)c(C)c1S(=O)(=O)NCC1(Cn2ccnc2)CC1. The van der Waals surface area contributed by atoms with Crippen LogP contribution in [-0.4, -0.2) is 34.3 Å². The van der Waals surface area contributed by atoms with Gasteiger partial charge in [0.25, 0.3) is 0 Å². The van der Waals surface area contributed by atoms with Gasteiger partial charge in [0.1, 0.15) is 4.90 Å². The molecule has 0 aliphatic heterocycles. The van der Waals surface area contributed by atoms with Gasteiger partial charge in [-0.05, 0) is 26.7 Å². The van der Waals surface area contributed by atoms with E-state index in [2.05, 4.69) is 14.8 Å². The Balaban J connectivity index is 1.73. The van der Waals surface area contributed by atoms with E-state index in [4.69, 9.17) is 0 Å². The molecule has 1 fully saturated rings. The molecule has 1 aliphatic carbocycles. The van der Waals surface area contributed by atoms with Crippen LogP contribution in [0, 0.1) is 19.3 Å². The van der Waals surface area contributed by atoms with Crippen LogP contribution >= 0.6 is 0 Å². The molecular weight excluding hydrogens is 302 g/mol. The van der Waals surface area contributed by atoms with Gasteiger partial charge in [-0.15, -0.1) is 0 Å². The van der Waals surface area contributed by atoms with Crippen LogP contribution in [-0.2, 0) is 23.6 Å². The van der Waals surface area contributed by atoms with Gasteiger partial charge in [-0.2, -0.15) is 5.10 Å². The highest BCUT2D eigenvalue weighted by Crippen LogP contribution is 2.46. The molecule has 2 aromatic heterocycles. The van der Waals surface area contributed by atoms with Gasteiger partial charge in [-0.25, -0.2) is 18.1 Å². The van der Waals surface area contributed by atoms with Gasteiger partial charge in [-0.1, -0.05) is 0 Å². The molecule has 2 heterocycles. The quantitative estimate of drug-likeness (QED) is 0.859. The third-order valence-corrected chi connectivity index (χ3v) is 6.04. The number of sulfonamides is 1. The zero-order valence-electron chi connectivity index (χ0n) is 13.1. The smallest absolute Gasteiger partial charge is 0.244 e. The zero-order chi connectivity index (χ0) is 16.0. The maximum atomic E-state index is 12.6. The molecule has 8 heteroatoms. The average Bonchev–Trinajstić information content (AvgIpc) is 2.89. The highest BCUT2D eigenvalue weighted by molar-refractivity contribution is 7.89. The molecule has 3 rings (SSSR count). The van der Waals surface area contributed by atoms with Crippen molar-refractivity contribution in [2.75, 3.05) is 6.54 Å². The number of nitrogens with one attached hydrogen (secondary N) is 1. The minimum atomic E-state index is -3.53. The van der Waals surface area contributed by atoms with Crippen LogP contribution in [0.2, 0.25) is 0 Å². The van der Waals surface area contributed by atoms with Gasteiger partial charge in [0.2, 0.25) is 10.0 Å². The van der Waals surface area contributed by atoms with Crippen molar-refractivity contribution in [3.63, 3.8) is 0 Å². The number of hydrogen-bond acceptors (Lipinski definition) is 4. The van der Waals surface area contributed by atoms with E-state index in [9.17, 15) is 8.42 Å². The van der Waals surface area contributed by atoms with E-state index in [0.29, 0.717) is 22.8 Å². The lowest BCUT2D eigenvalue weighted by molar-refractivity contribution is 0.416. The molecule has 7 nitrogen and oxygen atoms in total. The Morgan fingerprint density at radius 2 is 2.09 bits per heavy atom. The third kappa shape index (κ3) is 2.80. The summed E-state index contributed by atoms with van der Waals surface area (Å²) in [5.74, 6) is 0. The Morgan fingerprint density at radius 3 is 2.59 bits per heavy atom. The Bertz CT molecular complexity index is 773. The normalized spacial score (nSPS) is 16.9. The van der Waals surface area contributed by atoms with Crippen LogP contribution in [0.5, 0.6) is 0 Å². The van der Waals surface area contributed by atoms with Crippen molar-refractivity contribution in [3.05, 3.63) is 30.1 Å². The molecule has 22 heavy (non-hydrogen) atoms. The first-order chi connectivity index (χ1) is 10.3. The molecule has 0 saturated heterocycles. The van der Waals surface area contributed by atoms with Crippen LogP contribution in [0.3, 0.4) is 0 Å². The first kappa shape index (κ1) is 15.2. The van der Waals surface area contributed by atoms with Crippen molar-refractivity contribution in [3.8, 4) is 0 Å². The number of aryl methyl sites for hydroxylation is 2. The maximum absolute atomic E-state index is 12.6. The zero-order valence-corrected chi connectivity index (χ0v) is 13.9. The molecule has 1 saturated carbocycles. The minimum absolute atomic E-state index is 0.0117. The summed E-state index contributed by atoms with van der Waals surface area (Å²) in [6, 6.07) is 0. The summed E-state index contributed by atoms with van der Waals surface area (Å²) in [6.07, 6.45) is 7.47. The van der Waals surface area contributed by atoms with E-state index in [1.807, 2.05) is 10.8 Å². The van der Waals surface area contributed by atoms with Crippen molar-refractivity contribution in [1.82, 2.24) is 24.1 Å². The Kier molecular flexibility index (Phi) is 3.60. The van der Waals surface area contributed by atoms with Gasteiger partial charge in [0.15, 0.2) is 0 Å². The van der Waals surface area contributed by atoms with Crippen molar-refractivity contribution < 1.29 is 8.42 Å². The van der Waals surface area contributed by atoms with E-state index in [1.54, 1.807) is 38.1 Å². The molecule has 0 spiro atoms. The fourth-order valence-corrected chi connectivity index (χ4v) is 4.39. The fourth-order valence-electron chi connectivity index (χ4n) is 2.80. The maximum Gasteiger partial charge on any atom is 0.244 e. The first-order valence-electron chi connectivity index (χ1n) is 7.29. The minimum Gasteiger partial charge on any atom is -0.337 e. The van der Waals surface area contributed by atoms with Crippen LogP contribution < -0.4 is 4.72 Å². The average molecular weight is 323 g/mol. The Morgan fingerprint density at radius 1 is 1.36 bits per heavy atom. The second-order valence-corrected chi connectivity index (χ2v) is 7.89. The van der Waals surface area contributed by atoms with E-state index in [-0.39, 0.29) is 5.41 Å². The third-order valence-electron chi connectivity index (χ3n) is 4.38. The highest BCUT2D eigenvalue weighted by atomic mass is 32.2. The molecule has 0 amide bonds. The van der Waals surface area contributed by atoms with Crippen LogP contribution in [0.15, 0.2) is 23.6 Å². The lowest BCUT2D eigenvalue weighted by Crippen LogP contribution is -2.32. The molecule has 1 aliphatic rings. The summed E-state index contributed by atoms with van der Waals surface area (Å²) >= 11 is 0. The Labute approximate surface area is 130 Å². The number of aromatic nitrogens is 4. The summed E-state index contributed by atoms with van der Waals surface area (Å²) in [4.78, 5) is 4.33. The number of nitrogens with zero attached hydrogens (tertiary/aromatic N) is 4. The molecule has 0 aromatic carbocycles. The standard InChI is InChI=1S/C14H21N5O2S/c1-11-13(12(2)18(3)17-11)22(20,21)16-8-14(4-5-14)9-19-7-6-15-10-19/h6-7,10,16H,4-5,8-9H2,1-3H3. The summed E-state index contributed by atoms with van der Waals surface area (Å²) < 4.78 is 31.5. The fraction of sp³-hybridized carbons (Fsp3) is 0.571. The molecule has 120 valence electrons. The summed E-state index contributed by atoms with van der Waals surface area (Å²) in [5, 5.41) is 4.18. The number of imidazole rings is 1. The Hall–Kier alpha value is -1.67. The topological polar surface area (TPSA) is 81.8 Å². The lowest BCUT2D eigenvalue weighted by Gasteiger charge is -2.17. The summed E-state index contributed by atoms with van der Waals surface area (Å²) in [6.45, 7) is 4.73. The summed E-state index contributed by atoms with van der Waals surface area (Å²) in [5.41, 5.74) is 1.20. The molecule has 0 radical (unpaired) electrons. The predicted molar refractivity (Wildman–Crippen MR) is 81.8 cm³/mol. The largest absolute Gasteiger partial charge is 0.337 e. The van der Waals surface area contributed by atoms with Crippen LogP contribution in [0.25, 0.3) is 0 Å². The number of hydrogen-bond donors (Lipinski definition) is 1. The van der Waals surface area contributed by atoms with Gasteiger partial charge >= 0.3 is 0 Å². The van der Waals surface area contributed by atoms with Crippen LogP contribution in [0.1, 0.15) is 24.2 Å².